The number of carbonyl (C=O) groups excluding carboxylic acids is 1. The third kappa shape index (κ3) is 4.47. The molecule has 144 valence electrons. The van der Waals surface area contributed by atoms with Crippen LogP contribution in [0.4, 0.5) is 10.1 Å². The van der Waals surface area contributed by atoms with E-state index >= 15 is 0 Å². The summed E-state index contributed by atoms with van der Waals surface area (Å²) in [7, 11) is 0. The van der Waals surface area contributed by atoms with E-state index in [1.807, 2.05) is 30.3 Å². The Labute approximate surface area is 163 Å². The van der Waals surface area contributed by atoms with Gasteiger partial charge in [0.15, 0.2) is 0 Å². The van der Waals surface area contributed by atoms with Gasteiger partial charge in [0.2, 0.25) is 5.91 Å². The highest BCUT2D eigenvalue weighted by Gasteiger charge is 2.24. The average molecular weight is 378 g/mol. The van der Waals surface area contributed by atoms with Crippen molar-refractivity contribution in [1.29, 1.82) is 0 Å². The number of rotatable bonds is 5. The number of aromatic nitrogens is 1. The summed E-state index contributed by atoms with van der Waals surface area (Å²) in [5.74, 6) is 0.909. The molecule has 5 heteroatoms. The third-order valence-electron chi connectivity index (χ3n) is 5.30. The van der Waals surface area contributed by atoms with E-state index in [0.29, 0.717) is 18.0 Å². The molecule has 1 fully saturated rings. The van der Waals surface area contributed by atoms with Crippen molar-refractivity contribution >= 4 is 22.5 Å². The predicted octanol–water partition coefficient (Wildman–Crippen LogP) is 5.34. The van der Waals surface area contributed by atoms with E-state index in [0.717, 1.165) is 42.3 Å². The zero-order valence-electron chi connectivity index (χ0n) is 15.6. The minimum absolute atomic E-state index is 0.0175. The predicted molar refractivity (Wildman–Crippen MR) is 108 cm³/mol. The van der Waals surface area contributed by atoms with E-state index in [9.17, 15) is 9.18 Å². The first-order valence-electron chi connectivity index (χ1n) is 9.73. The minimum Gasteiger partial charge on any atom is -0.490 e. The quantitative estimate of drug-likeness (QED) is 0.652. The molecule has 0 bridgehead atoms. The van der Waals surface area contributed by atoms with Crippen molar-refractivity contribution in [2.24, 2.45) is 5.92 Å². The highest BCUT2D eigenvalue weighted by atomic mass is 19.1. The van der Waals surface area contributed by atoms with Crippen LogP contribution in [0.1, 0.15) is 32.1 Å². The average Bonchev–Trinajstić information content (AvgIpc) is 2.71. The normalized spacial score (nSPS) is 19.3. The van der Waals surface area contributed by atoms with Gasteiger partial charge in [-0.2, -0.15) is 0 Å². The summed E-state index contributed by atoms with van der Waals surface area (Å²) in [6.07, 6.45) is 6.23. The van der Waals surface area contributed by atoms with Crippen LogP contribution in [0.3, 0.4) is 0 Å². The number of para-hydroxylation sites is 1. The standard InChI is InChI=1S/C23H23FN2O2/c24-17-7-9-18(10-8-17)26-23(27)15-16-5-11-19(12-6-16)28-22-13-14-25-21-4-2-1-3-20(21)22/h1-4,7-10,13-14,16,19H,5-6,11-12,15H2,(H,26,27). The number of carbonyl (C=O) groups is 1. The van der Waals surface area contributed by atoms with E-state index < -0.39 is 0 Å². The number of halogens is 1. The number of anilines is 1. The first-order valence-corrected chi connectivity index (χ1v) is 9.73. The lowest BCUT2D eigenvalue weighted by molar-refractivity contribution is -0.117. The molecule has 1 amide bonds. The van der Waals surface area contributed by atoms with Crippen molar-refractivity contribution in [2.45, 2.75) is 38.2 Å². The van der Waals surface area contributed by atoms with Crippen LogP contribution >= 0.6 is 0 Å². The first kappa shape index (κ1) is 18.4. The largest absolute Gasteiger partial charge is 0.490 e. The molecule has 0 radical (unpaired) electrons. The van der Waals surface area contributed by atoms with Gasteiger partial charge in [-0.3, -0.25) is 9.78 Å². The van der Waals surface area contributed by atoms with Gasteiger partial charge in [0, 0.05) is 23.7 Å². The number of amides is 1. The van der Waals surface area contributed by atoms with Crippen molar-refractivity contribution in [3.05, 3.63) is 66.6 Å². The van der Waals surface area contributed by atoms with E-state index in [2.05, 4.69) is 10.3 Å². The monoisotopic (exact) mass is 378 g/mol. The fourth-order valence-corrected chi connectivity index (χ4v) is 3.81. The number of hydrogen-bond donors (Lipinski definition) is 1. The summed E-state index contributed by atoms with van der Waals surface area (Å²) in [5, 5.41) is 3.88. The van der Waals surface area contributed by atoms with Crippen molar-refractivity contribution in [3.8, 4) is 5.75 Å². The molecule has 28 heavy (non-hydrogen) atoms. The number of ether oxygens (including phenoxy) is 1. The maximum absolute atomic E-state index is 12.9. The second-order valence-electron chi connectivity index (χ2n) is 7.35. The number of pyridine rings is 1. The number of nitrogens with zero attached hydrogens (tertiary/aromatic N) is 1. The van der Waals surface area contributed by atoms with Gasteiger partial charge in [-0.25, -0.2) is 4.39 Å². The van der Waals surface area contributed by atoms with Gasteiger partial charge in [-0.15, -0.1) is 0 Å². The Bertz CT molecular complexity index is 945. The van der Waals surface area contributed by atoms with Gasteiger partial charge in [0.25, 0.3) is 0 Å². The second-order valence-corrected chi connectivity index (χ2v) is 7.35. The smallest absolute Gasteiger partial charge is 0.224 e. The molecule has 2 aromatic carbocycles. The van der Waals surface area contributed by atoms with E-state index in [1.54, 1.807) is 18.3 Å². The lowest BCUT2D eigenvalue weighted by Gasteiger charge is -2.29. The molecule has 1 N–H and O–H groups in total. The van der Waals surface area contributed by atoms with Crippen molar-refractivity contribution in [2.75, 3.05) is 5.32 Å². The minimum atomic E-state index is -0.307. The van der Waals surface area contributed by atoms with Crippen molar-refractivity contribution < 1.29 is 13.9 Å². The molecule has 4 nitrogen and oxygen atoms in total. The highest BCUT2D eigenvalue weighted by molar-refractivity contribution is 5.90. The molecule has 0 atom stereocenters. The summed E-state index contributed by atoms with van der Waals surface area (Å²) in [4.78, 5) is 16.6. The van der Waals surface area contributed by atoms with E-state index in [-0.39, 0.29) is 17.8 Å². The molecule has 1 aliphatic carbocycles. The van der Waals surface area contributed by atoms with Crippen LogP contribution in [0.15, 0.2) is 60.8 Å². The first-order chi connectivity index (χ1) is 13.7. The summed E-state index contributed by atoms with van der Waals surface area (Å²) in [6, 6.07) is 15.8. The van der Waals surface area contributed by atoms with E-state index in [1.165, 1.54) is 12.1 Å². The number of fused-ring (bicyclic) bond motifs is 1. The van der Waals surface area contributed by atoms with Gasteiger partial charge in [0.1, 0.15) is 11.6 Å². The van der Waals surface area contributed by atoms with Crippen LogP contribution in [0, 0.1) is 11.7 Å². The molecular formula is C23H23FN2O2. The highest BCUT2D eigenvalue weighted by Crippen LogP contribution is 2.32. The molecule has 0 saturated heterocycles. The molecule has 0 aliphatic heterocycles. The molecule has 1 aliphatic rings. The number of nitrogens with one attached hydrogen (secondary N) is 1. The zero-order valence-corrected chi connectivity index (χ0v) is 15.6. The molecule has 4 rings (SSSR count). The fourth-order valence-electron chi connectivity index (χ4n) is 3.81. The molecule has 1 saturated carbocycles. The molecule has 1 aromatic heterocycles. The number of hydrogen-bond acceptors (Lipinski definition) is 3. The Morgan fingerprint density at radius 2 is 1.79 bits per heavy atom. The van der Waals surface area contributed by atoms with Crippen LogP contribution in [0.25, 0.3) is 10.9 Å². The van der Waals surface area contributed by atoms with Crippen LogP contribution in [-0.4, -0.2) is 17.0 Å². The van der Waals surface area contributed by atoms with Crippen LogP contribution < -0.4 is 10.1 Å². The Hall–Kier alpha value is -2.95. The fraction of sp³-hybridized carbons (Fsp3) is 0.304. The Kier molecular flexibility index (Phi) is 5.51. The Morgan fingerprint density at radius 3 is 2.57 bits per heavy atom. The van der Waals surface area contributed by atoms with Crippen LogP contribution in [0.5, 0.6) is 5.75 Å². The summed E-state index contributed by atoms with van der Waals surface area (Å²) in [5.41, 5.74) is 1.57. The van der Waals surface area contributed by atoms with Gasteiger partial charge in [0.05, 0.1) is 11.6 Å². The SMILES string of the molecule is O=C(CC1CCC(Oc2ccnc3ccccc23)CC1)Nc1ccc(F)cc1. The van der Waals surface area contributed by atoms with Crippen LogP contribution in [0.2, 0.25) is 0 Å². The third-order valence-corrected chi connectivity index (χ3v) is 5.30. The molecule has 0 spiro atoms. The van der Waals surface area contributed by atoms with Gasteiger partial charge in [-0.1, -0.05) is 12.1 Å². The Morgan fingerprint density at radius 1 is 1.04 bits per heavy atom. The maximum Gasteiger partial charge on any atom is 0.224 e. The summed E-state index contributed by atoms with van der Waals surface area (Å²) < 4.78 is 19.2. The van der Waals surface area contributed by atoms with Crippen molar-refractivity contribution in [1.82, 2.24) is 4.98 Å². The summed E-state index contributed by atoms with van der Waals surface area (Å²) >= 11 is 0. The summed E-state index contributed by atoms with van der Waals surface area (Å²) in [6.45, 7) is 0. The van der Waals surface area contributed by atoms with Crippen molar-refractivity contribution in [3.63, 3.8) is 0 Å². The lowest BCUT2D eigenvalue weighted by atomic mass is 9.85. The number of benzene rings is 2. The Balaban J connectivity index is 1.28. The van der Waals surface area contributed by atoms with E-state index in [4.69, 9.17) is 4.74 Å². The maximum atomic E-state index is 12.9. The zero-order chi connectivity index (χ0) is 19.3. The molecular weight excluding hydrogens is 355 g/mol. The van der Waals surface area contributed by atoms with Gasteiger partial charge >= 0.3 is 0 Å². The van der Waals surface area contributed by atoms with Gasteiger partial charge < -0.3 is 10.1 Å². The van der Waals surface area contributed by atoms with Gasteiger partial charge in [-0.05, 0) is 74.1 Å². The molecule has 1 heterocycles. The lowest BCUT2D eigenvalue weighted by Crippen LogP contribution is -2.26. The second kappa shape index (κ2) is 8.38. The topological polar surface area (TPSA) is 51.2 Å². The molecule has 3 aromatic rings. The molecule has 0 unspecified atom stereocenters. The van der Waals surface area contributed by atoms with Crippen LogP contribution in [-0.2, 0) is 4.79 Å².